The summed E-state index contributed by atoms with van der Waals surface area (Å²) in [6.07, 6.45) is -0.269. The van der Waals surface area contributed by atoms with Crippen molar-refractivity contribution in [1.82, 2.24) is 4.31 Å². The fourth-order valence-corrected chi connectivity index (χ4v) is 8.78. The smallest absolute Gasteiger partial charge is 0.245 e. The second kappa shape index (κ2) is 11.3. The third-order valence-electron chi connectivity index (χ3n) is 6.46. The van der Waals surface area contributed by atoms with Crippen LogP contribution < -0.4 is 5.73 Å². The highest BCUT2D eigenvalue weighted by molar-refractivity contribution is 7.95. The third kappa shape index (κ3) is 5.62. The van der Waals surface area contributed by atoms with Crippen LogP contribution in [0.5, 0.6) is 0 Å². The fraction of sp³-hybridized carbons (Fsp3) is 0.138. The Morgan fingerprint density at radius 2 is 1.26 bits per heavy atom. The number of rotatable bonds is 10. The summed E-state index contributed by atoms with van der Waals surface area (Å²) in [6, 6.07) is 27.9. The van der Waals surface area contributed by atoms with Crippen LogP contribution in [0.2, 0.25) is 5.02 Å². The van der Waals surface area contributed by atoms with Crippen molar-refractivity contribution in [2.45, 2.75) is 34.0 Å². The molecule has 7 nitrogen and oxygen atoms in total. The van der Waals surface area contributed by atoms with Crippen LogP contribution in [0, 0.1) is 0 Å². The van der Waals surface area contributed by atoms with Gasteiger partial charge in [-0.3, -0.25) is 4.79 Å². The normalized spacial score (nSPS) is 14.4. The van der Waals surface area contributed by atoms with Crippen molar-refractivity contribution in [3.63, 3.8) is 0 Å². The number of nitrogens with two attached hydrogens (primary N) is 1. The van der Waals surface area contributed by atoms with Gasteiger partial charge in [0.05, 0.1) is 9.79 Å². The van der Waals surface area contributed by atoms with E-state index in [0.717, 1.165) is 4.31 Å². The Morgan fingerprint density at radius 1 is 0.769 bits per heavy atom. The number of carbonyl (C=O) groups excluding carboxylic acids is 1. The average Bonchev–Trinajstić information content (AvgIpc) is 2.93. The van der Waals surface area contributed by atoms with Crippen molar-refractivity contribution in [2.24, 2.45) is 5.73 Å². The van der Waals surface area contributed by atoms with Gasteiger partial charge in [0.25, 0.3) is 0 Å². The lowest BCUT2D eigenvalue weighted by atomic mass is 10.0. The van der Waals surface area contributed by atoms with E-state index in [1.807, 2.05) is 0 Å². The van der Waals surface area contributed by atoms with Crippen molar-refractivity contribution in [3.8, 4) is 0 Å². The van der Waals surface area contributed by atoms with Gasteiger partial charge in [0.15, 0.2) is 9.84 Å². The Balaban J connectivity index is 2.10. The summed E-state index contributed by atoms with van der Waals surface area (Å²) in [5.41, 5.74) is 6.65. The molecule has 0 aliphatic carbocycles. The topological polar surface area (TPSA) is 115 Å². The van der Waals surface area contributed by atoms with Crippen molar-refractivity contribution in [3.05, 3.63) is 131 Å². The molecule has 4 rings (SSSR count). The van der Waals surface area contributed by atoms with E-state index in [1.54, 1.807) is 66.7 Å². The van der Waals surface area contributed by atoms with E-state index in [2.05, 4.69) is 0 Å². The first-order chi connectivity index (χ1) is 18.5. The Morgan fingerprint density at radius 3 is 1.77 bits per heavy atom. The molecular formula is C29H27ClN2O5S2. The molecule has 202 valence electrons. The van der Waals surface area contributed by atoms with Gasteiger partial charge in [-0.2, -0.15) is 4.31 Å². The Labute approximate surface area is 233 Å². The molecule has 0 saturated carbocycles. The third-order valence-corrected chi connectivity index (χ3v) is 11.2. The average molecular weight is 583 g/mol. The van der Waals surface area contributed by atoms with Crippen molar-refractivity contribution < 1.29 is 21.6 Å². The summed E-state index contributed by atoms with van der Waals surface area (Å²) >= 11 is 6.02. The highest BCUT2D eigenvalue weighted by atomic mass is 35.5. The van der Waals surface area contributed by atoms with Gasteiger partial charge in [-0.15, -0.1) is 0 Å². The number of hydrogen-bond donors (Lipinski definition) is 1. The van der Waals surface area contributed by atoms with Gasteiger partial charge in [0.1, 0.15) is 10.9 Å². The van der Waals surface area contributed by atoms with Crippen LogP contribution in [-0.2, 0) is 31.1 Å². The quantitative estimate of drug-likeness (QED) is 0.283. The van der Waals surface area contributed by atoms with Gasteiger partial charge >= 0.3 is 0 Å². The maximum Gasteiger partial charge on any atom is 0.245 e. The number of sulfonamides is 1. The highest BCUT2D eigenvalue weighted by Gasteiger charge is 2.55. The number of halogens is 1. The second-order valence-corrected chi connectivity index (χ2v) is 13.7. The summed E-state index contributed by atoms with van der Waals surface area (Å²) < 4.78 is 58.7. The molecule has 2 N–H and O–H groups in total. The van der Waals surface area contributed by atoms with Gasteiger partial charge in [0.2, 0.25) is 15.9 Å². The minimum atomic E-state index is -4.68. The van der Waals surface area contributed by atoms with Gasteiger partial charge in [-0.1, -0.05) is 90.5 Å². The van der Waals surface area contributed by atoms with Crippen LogP contribution in [0.25, 0.3) is 0 Å². The predicted molar refractivity (Wildman–Crippen MR) is 151 cm³/mol. The van der Waals surface area contributed by atoms with Crippen LogP contribution in [0.4, 0.5) is 0 Å². The summed E-state index contributed by atoms with van der Waals surface area (Å²) in [4.78, 5) is 10.6. The van der Waals surface area contributed by atoms with Crippen molar-refractivity contribution in [2.75, 3.05) is 0 Å². The zero-order chi connectivity index (χ0) is 28.3. The highest BCUT2D eigenvalue weighted by Crippen LogP contribution is 2.42. The minimum absolute atomic E-state index is 0.101. The summed E-state index contributed by atoms with van der Waals surface area (Å²) in [5, 5.41) is 0.291. The monoisotopic (exact) mass is 582 g/mol. The van der Waals surface area contributed by atoms with Crippen LogP contribution in [-0.4, -0.2) is 31.9 Å². The summed E-state index contributed by atoms with van der Waals surface area (Å²) in [6.45, 7) is 1.31. The molecule has 0 radical (unpaired) electrons. The number of hydrogen-bond acceptors (Lipinski definition) is 5. The zero-order valence-electron chi connectivity index (χ0n) is 21.0. The maximum atomic E-state index is 14.5. The largest absolute Gasteiger partial charge is 0.368 e. The lowest BCUT2D eigenvalue weighted by Gasteiger charge is -2.43. The standard InChI is InChI=1S/C29H27ClN2O5S2/c1-29(21-22-11-5-2-6-12-22,38(34,35)25-15-9-4-10-16-25)32(27(28(31)33)23-13-7-3-8-14-23)39(36,37)26-19-17-24(30)18-20-26/h2-20,27H,21H2,1H3,(H2,31,33). The summed E-state index contributed by atoms with van der Waals surface area (Å²) in [5.74, 6) is -1.03. The number of primary amides is 1. The predicted octanol–water partition coefficient (Wildman–Crippen LogP) is 4.99. The van der Waals surface area contributed by atoms with Crippen molar-refractivity contribution in [1.29, 1.82) is 0 Å². The molecule has 4 aromatic rings. The SMILES string of the molecule is CC(Cc1ccccc1)(N(C(C(N)=O)c1ccccc1)S(=O)(=O)c1ccc(Cl)cc1)S(=O)(=O)c1ccccc1. The van der Waals surface area contributed by atoms with Crippen LogP contribution in [0.1, 0.15) is 24.1 Å². The van der Waals surface area contributed by atoms with Crippen LogP contribution in [0.15, 0.2) is 125 Å². The van der Waals surface area contributed by atoms with Gasteiger partial charge < -0.3 is 5.73 Å². The van der Waals surface area contributed by atoms with E-state index < -0.39 is 36.7 Å². The van der Waals surface area contributed by atoms with Crippen LogP contribution in [0.3, 0.4) is 0 Å². The molecule has 1 amide bonds. The van der Waals surface area contributed by atoms with Gasteiger partial charge in [-0.25, -0.2) is 16.8 Å². The molecule has 0 fully saturated rings. The number of sulfone groups is 1. The molecule has 39 heavy (non-hydrogen) atoms. The van der Waals surface area contributed by atoms with E-state index in [-0.39, 0.29) is 21.8 Å². The second-order valence-electron chi connectivity index (χ2n) is 9.12. The molecule has 10 heteroatoms. The van der Waals surface area contributed by atoms with Gasteiger partial charge in [-0.05, 0) is 54.4 Å². The molecule has 2 atom stereocenters. The maximum absolute atomic E-state index is 14.5. The van der Waals surface area contributed by atoms with Gasteiger partial charge in [0, 0.05) is 11.4 Å². The number of nitrogens with zero attached hydrogens (tertiary/aromatic N) is 1. The number of carbonyl (C=O) groups is 1. The Kier molecular flexibility index (Phi) is 8.27. The molecular weight excluding hydrogens is 556 g/mol. The van der Waals surface area contributed by atoms with Crippen LogP contribution >= 0.6 is 11.6 Å². The fourth-order valence-electron chi connectivity index (χ4n) is 4.56. The molecule has 0 aliphatic heterocycles. The first-order valence-electron chi connectivity index (χ1n) is 12.0. The molecule has 0 saturated heterocycles. The lowest BCUT2D eigenvalue weighted by molar-refractivity contribution is -0.122. The molecule has 0 aromatic heterocycles. The molecule has 4 aromatic carbocycles. The number of amides is 1. The zero-order valence-corrected chi connectivity index (χ0v) is 23.4. The van der Waals surface area contributed by atoms with E-state index >= 15 is 0 Å². The van der Waals surface area contributed by atoms with E-state index in [1.165, 1.54) is 55.5 Å². The molecule has 2 unspecified atom stereocenters. The Bertz CT molecular complexity index is 1650. The molecule has 0 heterocycles. The molecule has 0 bridgehead atoms. The first-order valence-corrected chi connectivity index (χ1v) is 15.3. The van der Waals surface area contributed by atoms with E-state index in [9.17, 15) is 21.6 Å². The number of benzene rings is 4. The molecule has 0 aliphatic rings. The lowest BCUT2D eigenvalue weighted by Crippen LogP contribution is -2.59. The first kappa shape index (κ1) is 28.5. The minimum Gasteiger partial charge on any atom is -0.368 e. The Hall–Kier alpha value is -3.50. The van der Waals surface area contributed by atoms with Crippen molar-refractivity contribution >= 4 is 37.4 Å². The van der Waals surface area contributed by atoms with E-state index in [0.29, 0.717) is 10.6 Å². The van der Waals surface area contributed by atoms with E-state index in [4.69, 9.17) is 17.3 Å². The summed E-state index contributed by atoms with van der Waals surface area (Å²) in [7, 11) is -9.16. The molecule has 0 spiro atoms.